The molecule has 1 aliphatic rings. The number of rotatable bonds is 6. The van der Waals surface area contributed by atoms with Crippen molar-refractivity contribution >= 4 is 0 Å². The first-order chi connectivity index (χ1) is 6.92. The lowest BCUT2D eigenvalue weighted by Crippen LogP contribution is -2.06. The van der Waals surface area contributed by atoms with E-state index >= 15 is 0 Å². The van der Waals surface area contributed by atoms with E-state index in [4.69, 9.17) is 9.47 Å². The van der Waals surface area contributed by atoms with Gasteiger partial charge in [0.25, 0.3) is 0 Å². The zero-order valence-electron chi connectivity index (χ0n) is 8.35. The molecule has 14 heavy (non-hydrogen) atoms. The van der Waals surface area contributed by atoms with Crippen LogP contribution in [-0.2, 0) is 16.1 Å². The molecule has 1 heterocycles. The van der Waals surface area contributed by atoms with E-state index in [1.54, 1.807) is 13.4 Å². The first-order valence-corrected chi connectivity index (χ1v) is 4.87. The molecule has 0 N–H and O–H groups in total. The highest BCUT2D eigenvalue weighted by Gasteiger charge is 2.25. The lowest BCUT2D eigenvalue weighted by Gasteiger charge is -2.05. The van der Waals surface area contributed by atoms with Gasteiger partial charge in [-0.3, -0.25) is 0 Å². The second-order valence-corrected chi connectivity index (χ2v) is 3.43. The number of aromatic nitrogens is 3. The molecular formula is C9H15N3O2. The molecule has 0 aliphatic heterocycles. The van der Waals surface area contributed by atoms with E-state index in [1.807, 2.05) is 0 Å². The van der Waals surface area contributed by atoms with Gasteiger partial charge in [-0.05, 0) is 12.8 Å². The second kappa shape index (κ2) is 4.52. The number of methoxy groups -OCH3 is 1. The monoisotopic (exact) mass is 197 g/mol. The molecule has 1 saturated carbocycles. The van der Waals surface area contributed by atoms with Gasteiger partial charge in [0.1, 0.15) is 12.9 Å². The highest BCUT2D eigenvalue weighted by Crippen LogP contribution is 2.35. The quantitative estimate of drug-likeness (QED) is 0.632. The van der Waals surface area contributed by atoms with Crippen LogP contribution in [0.3, 0.4) is 0 Å². The molecule has 5 nitrogen and oxygen atoms in total. The van der Waals surface area contributed by atoms with Crippen molar-refractivity contribution in [2.24, 2.45) is 0 Å². The third-order valence-electron chi connectivity index (χ3n) is 2.25. The van der Waals surface area contributed by atoms with Crippen molar-refractivity contribution in [1.82, 2.24) is 14.8 Å². The van der Waals surface area contributed by atoms with Crippen LogP contribution >= 0.6 is 0 Å². The predicted octanol–water partition coefficient (Wildman–Crippen LogP) is 0.776. The summed E-state index contributed by atoms with van der Waals surface area (Å²) in [4.78, 5) is 0. The van der Waals surface area contributed by atoms with Crippen molar-refractivity contribution < 1.29 is 9.47 Å². The van der Waals surface area contributed by atoms with Gasteiger partial charge in [0.15, 0.2) is 5.82 Å². The Bertz CT molecular complexity index is 283. The molecular weight excluding hydrogens is 182 g/mol. The fourth-order valence-corrected chi connectivity index (χ4v) is 1.33. The predicted molar refractivity (Wildman–Crippen MR) is 49.8 cm³/mol. The standard InChI is InChI=1S/C9H15N3O2/c1-13-4-5-14-6-9-11-10-7-12(9)8-2-3-8/h7-8H,2-6H2,1H3. The average Bonchev–Trinajstić information content (AvgIpc) is 2.94. The lowest BCUT2D eigenvalue weighted by atomic mass is 10.5. The fraction of sp³-hybridized carbons (Fsp3) is 0.778. The molecule has 0 unspecified atom stereocenters. The van der Waals surface area contributed by atoms with Gasteiger partial charge >= 0.3 is 0 Å². The molecule has 5 heteroatoms. The maximum Gasteiger partial charge on any atom is 0.159 e. The Morgan fingerprint density at radius 2 is 2.36 bits per heavy atom. The molecule has 1 aromatic heterocycles. The smallest absolute Gasteiger partial charge is 0.159 e. The van der Waals surface area contributed by atoms with Crippen LogP contribution in [0.1, 0.15) is 24.7 Å². The van der Waals surface area contributed by atoms with Crippen molar-refractivity contribution in [3.63, 3.8) is 0 Å². The van der Waals surface area contributed by atoms with Gasteiger partial charge in [-0.2, -0.15) is 0 Å². The lowest BCUT2D eigenvalue weighted by molar-refractivity contribution is 0.0571. The van der Waals surface area contributed by atoms with Crippen LogP contribution in [0.4, 0.5) is 0 Å². The number of nitrogens with zero attached hydrogens (tertiary/aromatic N) is 3. The average molecular weight is 197 g/mol. The third kappa shape index (κ3) is 2.30. The van der Waals surface area contributed by atoms with E-state index in [0.717, 1.165) is 5.82 Å². The maximum absolute atomic E-state index is 5.39. The minimum Gasteiger partial charge on any atom is -0.382 e. The molecule has 0 atom stereocenters. The van der Waals surface area contributed by atoms with Gasteiger partial charge < -0.3 is 14.0 Å². The summed E-state index contributed by atoms with van der Waals surface area (Å²) in [7, 11) is 1.66. The normalized spacial score (nSPS) is 16.1. The summed E-state index contributed by atoms with van der Waals surface area (Å²) in [6.07, 6.45) is 4.26. The molecule has 78 valence electrons. The Kier molecular flexibility index (Phi) is 3.10. The second-order valence-electron chi connectivity index (χ2n) is 3.43. The summed E-state index contributed by atoms with van der Waals surface area (Å²) in [6, 6.07) is 0.617. The van der Waals surface area contributed by atoms with Crippen LogP contribution in [0.5, 0.6) is 0 Å². The highest BCUT2D eigenvalue weighted by atomic mass is 16.5. The molecule has 0 spiro atoms. The van der Waals surface area contributed by atoms with E-state index in [-0.39, 0.29) is 0 Å². The summed E-state index contributed by atoms with van der Waals surface area (Å²) >= 11 is 0. The molecule has 0 aromatic carbocycles. The molecule has 1 fully saturated rings. The minimum absolute atomic E-state index is 0.528. The molecule has 0 bridgehead atoms. The Labute approximate surface area is 83.0 Å². The summed E-state index contributed by atoms with van der Waals surface area (Å²) in [6.45, 7) is 1.76. The number of hydrogen-bond acceptors (Lipinski definition) is 4. The van der Waals surface area contributed by atoms with E-state index in [1.165, 1.54) is 12.8 Å². The molecule has 0 saturated heterocycles. The topological polar surface area (TPSA) is 49.2 Å². The molecule has 1 aromatic rings. The largest absolute Gasteiger partial charge is 0.382 e. The van der Waals surface area contributed by atoms with Gasteiger partial charge in [-0.15, -0.1) is 10.2 Å². The van der Waals surface area contributed by atoms with Gasteiger partial charge in [-0.25, -0.2) is 0 Å². The Morgan fingerprint density at radius 3 is 3.07 bits per heavy atom. The van der Waals surface area contributed by atoms with Crippen LogP contribution in [0.25, 0.3) is 0 Å². The number of hydrogen-bond donors (Lipinski definition) is 0. The van der Waals surface area contributed by atoms with Crippen LogP contribution in [0.2, 0.25) is 0 Å². The van der Waals surface area contributed by atoms with Crippen molar-refractivity contribution in [3.8, 4) is 0 Å². The van der Waals surface area contributed by atoms with Crippen LogP contribution in [0, 0.1) is 0 Å². The zero-order chi connectivity index (χ0) is 9.80. The molecule has 0 amide bonds. The number of ether oxygens (including phenoxy) is 2. The Balaban J connectivity index is 1.80. The zero-order valence-corrected chi connectivity index (χ0v) is 8.35. The molecule has 1 aliphatic carbocycles. The first kappa shape index (κ1) is 9.61. The Morgan fingerprint density at radius 1 is 1.50 bits per heavy atom. The Hall–Kier alpha value is -0.940. The summed E-state index contributed by atoms with van der Waals surface area (Å²) < 4.78 is 12.4. The minimum atomic E-state index is 0.528. The van der Waals surface area contributed by atoms with Crippen molar-refractivity contribution in [2.75, 3.05) is 20.3 Å². The van der Waals surface area contributed by atoms with Gasteiger partial charge in [-0.1, -0.05) is 0 Å². The van der Waals surface area contributed by atoms with E-state index in [0.29, 0.717) is 25.9 Å². The van der Waals surface area contributed by atoms with E-state index < -0.39 is 0 Å². The summed E-state index contributed by atoms with van der Waals surface area (Å²) in [5, 5.41) is 7.91. The molecule has 0 radical (unpaired) electrons. The van der Waals surface area contributed by atoms with Crippen molar-refractivity contribution in [2.45, 2.75) is 25.5 Å². The van der Waals surface area contributed by atoms with Gasteiger partial charge in [0.2, 0.25) is 0 Å². The maximum atomic E-state index is 5.39. The van der Waals surface area contributed by atoms with E-state index in [9.17, 15) is 0 Å². The third-order valence-corrected chi connectivity index (χ3v) is 2.25. The molecule has 2 rings (SSSR count). The van der Waals surface area contributed by atoms with Gasteiger partial charge in [0.05, 0.1) is 13.2 Å². The van der Waals surface area contributed by atoms with Crippen molar-refractivity contribution in [1.29, 1.82) is 0 Å². The SMILES string of the molecule is COCCOCc1nncn1C1CC1. The van der Waals surface area contributed by atoms with Gasteiger partial charge in [0, 0.05) is 13.2 Å². The highest BCUT2D eigenvalue weighted by molar-refractivity contribution is 4.93. The summed E-state index contributed by atoms with van der Waals surface area (Å²) in [5.74, 6) is 0.920. The van der Waals surface area contributed by atoms with Crippen molar-refractivity contribution in [3.05, 3.63) is 12.2 Å². The first-order valence-electron chi connectivity index (χ1n) is 4.87. The van der Waals surface area contributed by atoms with Crippen LogP contribution in [0.15, 0.2) is 6.33 Å². The van der Waals surface area contributed by atoms with Crippen LogP contribution in [-0.4, -0.2) is 35.1 Å². The van der Waals surface area contributed by atoms with E-state index in [2.05, 4.69) is 14.8 Å². The summed E-state index contributed by atoms with van der Waals surface area (Å²) in [5.41, 5.74) is 0. The fourth-order valence-electron chi connectivity index (χ4n) is 1.33. The van der Waals surface area contributed by atoms with Crippen LogP contribution < -0.4 is 0 Å².